The molecule has 0 unspecified atom stereocenters. The van der Waals surface area contributed by atoms with Crippen LogP contribution in [0.25, 0.3) is 22.4 Å². The lowest BCUT2D eigenvalue weighted by molar-refractivity contribution is -0.122. The van der Waals surface area contributed by atoms with Crippen LogP contribution in [-0.2, 0) is 4.79 Å². The lowest BCUT2D eigenvalue weighted by atomic mass is 9.97. The number of allylic oxidation sites excluding steroid dienone is 1. The molecular formula is C26H31F3N4O. The molecule has 34 heavy (non-hydrogen) atoms. The molecule has 1 saturated carbocycles. The van der Waals surface area contributed by atoms with Gasteiger partial charge in [0.2, 0.25) is 5.91 Å². The maximum Gasteiger partial charge on any atom is 0.417 e. The van der Waals surface area contributed by atoms with Crippen LogP contribution in [-0.4, -0.2) is 54.2 Å². The highest BCUT2D eigenvalue weighted by atomic mass is 19.4. The predicted octanol–water partition coefficient (Wildman–Crippen LogP) is 5.24. The largest absolute Gasteiger partial charge is 0.417 e. The van der Waals surface area contributed by atoms with Crippen molar-refractivity contribution in [3.63, 3.8) is 0 Å². The Balaban J connectivity index is 1.65. The Hall–Kier alpha value is -2.87. The molecule has 4 rings (SSSR count). The van der Waals surface area contributed by atoms with Crippen molar-refractivity contribution in [1.29, 1.82) is 0 Å². The Kier molecular flexibility index (Phi) is 6.98. The number of nitrogens with one attached hydrogen (secondary N) is 2. The van der Waals surface area contributed by atoms with Crippen LogP contribution in [0, 0.1) is 5.92 Å². The van der Waals surface area contributed by atoms with Crippen molar-refractivity contribution in [2.24, 2.45) is 5.92 Å². The van der Waals surface area contributed by atoms with Crippen LogP contribution in [0.1, 0.15) is 44.0 Å². The number of amides is 1. The van der Waals surface area contributed by atoms with Crippen molar-refractivity contribution in [1.82, 2.24) is 15.2 Å². The molecule has 5 nitrogen and oxygen atoms in total. The zero-order valence-corrected chi connectivity index (χ0v) is 19.6. The molecule has 2 aromatic rings. The molecule has 0 spiro atoms. The van der Waals surface area contributed by atoms with Gasteiger partial charge in [-0.3, -0.25) is 4.79 Å². The Morgan fingerprint density at radius 2 is 2.03 bits per heavy atom. The Labute approximate surface area is 198 Å². The summed E-state index contributed by atoms with van der Waals surface area (Å²) in [5.74, 6) is 0.117. The van der Waals surface area contributed by atoms with Gasteiger partial charge in [0.15, 0.2) is 0 Å². The van der Waals surface area contributed by atoms with E-state index in [0.29, 0.717) is 29.1 Å². The number of aromatic nitrogens is 1. The fraction of sp³-hybridized carbons (Fsp3) is 0.462. The normalized spacial score (nSPS) is 21.7. The van der Waals surface area contributed by atoms with Gasteiger partial charge in [-0.25, -0.2) is 4.98 Å². The number of benzene rings is 1. The van der Waals surface area contributed by atoms with Gasteiger partial charge in [-0.1, -0.05) is 24.8 Å². The van der Waals surface area contributed by atoms with E-state index >= 15 is 0 Å². The molecule has 1 aromatic carbocycles. The number of nitrogens with zero attached hydrogens (tertiary/aromatic N) is 2. The average Bonchev–Trinajstić information content (AvgIpc) is 3.63. The van der Waals surface area contributed by atoms with E-state index in [4.69, 9.17) is 0 Å². The molecule has 1 aliphatic heterocycles. The maximum absolute atomic E-state index is 13.6. The van der Waals surface area contributed by atoms with Crippen molar-refractivity contribution in [3.05, 3.63) is 48.3 Å². The SMILES string of the molecule is C=C(c1nc(/C=C/CNC(=O)C2CC2)cc2c(N[C@@H]3CCN(C)[C@@H](C)C3)cccc12)C(F)(F)F. The molecule has 8 heteroatoms. The molecule has 2 aliphatic rings. The first-order valence-corrected chi connectivity index (χ1v) is 11.7. The van der Waals surface area contributed by atoms with Gasteiger partial charge in [0.1, 0.15) is 0 Å². The molecule has 1 aromatic heterocycles. The lowest BCUT2D eigenvalue weighted by Crippen LogP contribution is -2.42. The molecule has 2 N–H and O–H groups in total. The van der Waals surface area contributed by atoms with Crippen molar-refractivity contribution >= 4 is 34.0 Å². The second-order valence-electron chi connectivity index (χ2n) is 9.39. The van der Waals surface area contributed by atoms with Crippen LogP contribution >= 0.6 is 0 Å². The summed E-state index contributed by atoms with van der Waals surface area (Å²) >= 11 is 0. The summed E-state index contributed by atoms with van der Waals surface area (Å²) in [7, 11) is 2.10. The molecule has 182 valence electrons. The molecule has 2 atom stereocenters. The number of piperidine rings is 1. The van der Waals surface area contributed by atoms with Crippen molar-refractivity contribution < 1.29 is 18.0 Å². The van der Waals surface area contributed by atoms with E-state index in [9.17, 15) is 18.0 Å². The number of likely N-dealkylation sites (tertiary alicyclic amines) is 1. The number of fused-ring (bicyclic) bond motifs is 1. The molecule has 1 saturated heterocycles. The van der Waals surface area contributed by atoms with Crippen molar-refractivity contribution in [2.45, 2.75) is 50.9 Å². The van der Waals surface area contributed by atoms with Crippen LogP contribution in [0.4, 0.5) is 18.9 Å². The highest BCUT2D eigenvalue weighted by molar-refractivity contribution is 6.00. The number of rotatable bonds is 7. The van der Waals surface area contributed by atoms with E-state index in [1.807, 2.05) is 6.07 Å². The van der Waals surface area contributed by atoms with Crippen LogP contribution in [0.3, 0.4) is 0 Å². The highest BCUT2D eigenvalue weighted by Gasteiger charge is 2.35. The molecule has 0 bridgehead atoms. The summed E-state index contributed by atoms with van der Waals surface area (Å²) < 4.78 is 40.8. The molecule has 0 radical (unpaired) electrons. The smallest absolute Gasteiger partial charge is 0.382 e. The second kappa shape index (κ2) is 9.78. The van der Waals surface area contributed by atoms with E-state index in [0.717, 1.165) is 37.9 Å². The van der Waals surface area contributed by atoms with E-state index < -0.39 is 11.7 Å². The highest BCUT2D eigenvalue weighted by Crippen LogP contribution is 2.37. The first kappa shape index (κ1) is 24.3. The van der Waals surface area contributed by atoms with E-state index in [2.05, 4.69) is 41.1 Å². The topological polar surface area (TPSA) is 57.3 Å². The third kappa shape index (κ3) is 5.60. The quantitative estimate of drug-likeness (QED) is 0.578. The summed E-state index contributed by atoms with van der Waals surface area (Å²) in [5.41, 5.74) is 0.0287. The number of carbonyl (C=O) groups is 1. The molecule has 2 heterocycles. The fourth-order valence-electron chi connectivity index (χ4n) is 4.34. The number of carbonyl (C=O) groups excluding carboxylic acids is 1. The van der Waals surface area contributed by atoms with Gasteiger partial charge in [-0.2, -0.15) is 13.2 Å². The minimum absolute atomic E-state index is 0.0149. The Bertz CT molecular complexity index is 1110. The van der Waals surface area contributed by atoms with Gasteiger partial charge in [0.25, 0.3) is 0 Å². The fourth-order valence-corrected chi connectivity index (χ4v) is 4.34. The van der Waals surface area contributed by atoms with Gasteiger partial charge < -0.3 is 15.5 Å². The van der Waals surface area contributed by atoms with Gasteiger partial charge >= 0.3 is 6.18 Å². The predicted molar refractivity (Wildman–Crippen MR) is 130 cm³/mol. The van der Waals surface area contributed by atoms with E-state index in [1.54, 1.807) is 30.4 Å². The molecule has 2 fully saturated rings. The standard InChI is InChI=1S/C26H31F3N4O/c1-16-14-20(11-13-33(16)3)31-23-8-4-7-21-22(23)15-19(32-24(21)17(2)26(27,28)29)6-5-12-30-25(34)18-9-10-18/h4-8,15-16,18,20,31H,2,9-14H2,1,3H3,(H,30,34)/b6-5+/t16-,20+/m0/s1. The minimum atomic E-state index is -4.59. The number of hydrogen-bond donors (Lipinski definition) is 2. The summed E-state index contributed by atoms with van der Waals surface area (Å²) in [6.07, 6.45) is 2.50. The number of halogens is 3. The first-order valence-electron chi connectivity index (χ1n) is 11.7. The van der Waals surface area contributed by atoms with E-state index in [-0.39, 0.29) is 23.6 Å². The molecule has 1 amide bonds. The number of anilines is 1. The third-order valence-corrected chi connectivity index (χ3v) is 6.72. The van der Waals surface area contributed by atoms with Gasteiger partial charge in [0, 0.05) is 47.6 Å². The van der Waals surface area contributed by atoms with Gasteiger partial charge in [-0.05, 0) is 57.9 Å². The zero-order chi connectivity index (χ0) is 24.5. The van der Waals surface area contributed by atoms with Crippen LogP contribution in [0.15, 0.2) is 36.9 Å². The van der Waals surface area contributed by atoms with Gasteiger partial charge in [0.05, 0.1) is 17.0 Å². The first-order chi connectivity index (χ1) is 16.1. The van der Waals surface area contributed by atoms with Crippen LogP contribution in [0.5, 0.6) is 0 Å². The van der Waals surface area contributed by atoms with E-state index in [1.165, 1.54) is 0 Å². The average molecular weight is 473 g/mol. The second-order valence-corrected chi connectivity index (χ2v) is 9.39. The summed E-state index contributed by atoms with van der Waals surface area (Å²) in [5, 5.41) is 7.46. The molecular weight excluding hydrogens is 441 g/mol. The molecule has 1 aliphatic carbocycles. The summed E-state index contributed by atoms with van der Waals surface area (Å²) in [6, 6.07) is 7.75. The summed E-state index contributed by atoms with van der Waals surface area (Å²) in [4.78, 5) is 18.4. The summed E-state index contributed by atoms with van der Waals surface area (Å²) in [6.45, 7) is 6.74. The lowest BCUT2D eigenvalue weighted by Gasteiger charge is -2.36. The number of hydrogen-bond acceptors (Lipinski definition) is 4. The number of alkyl halides is 3. The van der Waals surface area contributed by atoms with Gasteiger partial charge in [-0.15, -0.1) is 0 Å². The van der Waals surface area contributed by atoms with Crippen molar-refractivity contribution in [3.8, 4) is 0 Å². The van der Waals surface area contributed by atoms with Crippen LogP contribution < -0.4 is 10.6 Å². The Morgan fingerprint density at radius 1 is 1.26 bits per heavy atom. The number of pyridine rings is 1. The third-order valence-electron chi connectivity index (χ3n) is 6.72. The zero-order valence-electron chi connectivity index (χ0n) is 19.6. The van der Waals surface area contributed by atoms with Crippen LogP contribution in [0.2, 0.25) is 0 Å². The van der Waals surface area contributed by atoms with Crippen molar-refractivity contribution in [2.75, 3.05) is 25.5 Å². The Morgan fingerprint density at radius 3 is 2.71 bits per heavy atom. The maximum atomic E-state index is 13.6. The minimum Gasteiger partial charge on any atom is -0.382 e. The monoisotopic (exact) mass is 472 g/mol.